The van der Waals surface area contributed by atoms with E-state index in [1.807, 2.05) is 0 Å². The summed E-state index contributed by atoms with van der Waals surface area (Å²) in [5, 5.41) is 11.6. The number of ketones is 1. The fourth-order valence-corrected chi connectivity index (χ4v) is 2.03. The van der Waals surface area contributed by atoms with Crippen LogP contribution < -0.4 is 11.1 Å². The zero-order valence-corrected chi connectivity index (χ0v) is 12.9. The minimum absolute atomic E-state index is 0.189. The molecule has 0 spiro atoms. The first-order valence-corrected chi connectivity index (χ1v) is 7.69. The van der Waals surface area contributed by atoms with Gasteiger partial charge in [0.25, 0.3) is 0 Å². The van der Waals surface area contributed by atoms with E-state index in [-0.39, 0.29) is 11.7 Å². The molecule has 0 rings (SSSR count). The van der Waals surface area contributed by atoms with Crippen molar-refractivity contribution in [1.29, 1.82) is 0 Å². The summed E-state index contributed by atoms with van der Waals surface area (Å²) in [6, 6.07) is -0.818. The minimum Gasteiger partial charge on any atom is -0.480 e. The Morgan fingerprint density at radius 1 is 1.00 bits per heavy atom. The van der Waals surface area contributed by atoms with Crippen LogP contribution in [0.2, 0.25) is 0 Å². The van der Waals surface area contributed by atoms with Gasteiger partial charge in [0.2, 0.25) is 5.91 Å². The number of carboxylic acid groups (broad SMARTS) is 1. The number of nitrogens with one attached hydrogen (secondary N) is 1. The summed E-state index contributed by atoms with van der Waals surface area (Å²) in [6.45, 7) is 2.10. The Labute approximate surface area is 126 Å². The van der Waals surface area contributed by atoms with Gasteiger partial charge in [-0.3, -0.25) is 4.79 Å². The van der Waals surface area contributed by atoms with E-state index in [4.69, 9.17) is 10.8 Å². The van der Waals surface area contributed by atoms with Gasteiger partial charge in [0.05, 0.1) is 0 Å². The fraction of sp³-hybridized carbons (Fsp3) is 0.800. The van der Waals surface area contributed by atoms with Gasteiger partial charge in [-0.1, -0.05) is 12.8 Å². The summed E-state index contributed by atoms with van der Waals surface area (Å²) >= 11 is 0. The Bertz CT molecular complexity index is 332. The maximum atomic E-state index is 11.7. The molecule has 0 aromatic heterocycles. The number of carboxylic acids is 1. The van der Waals surface area contributed by atoms with Crippen LogP contribution in [0.3, 0.4) is 0 Å². The van der Waals surface area contributed by atoms with Gasteiger partial charge in [0.1, 0.15) is 11.8 Å². The molecule has 0 heterocycles. The molecule has 0 saturated heterocycles. The van der Waals surface area contributed by atoms with Crippen molar-refractivity contribution in [3.05, 3.63) is 0 Å². The standard InChI is InChI=1S/C15H28N2O4/c1-12(18)8-4-2-3-5-10-14(19)17-13(15(20)21)9-6-7-11-16/h13H,2-11,16H2,1H3,(H,17,19)(H,20,21). The van der Waals surface area contributed by atoms with Gasteiger partial charge in [0.15, 0.2) is 0 Å². The van der Waals surface area contributed by atoms with Gasteiger partial charge in [0, 0.05) is 12.8 Å². The lowest BCUT2D eigenvalue weighted by molar-refractivity contribution is -0.142. The van der Waals surface area contributed by atoms with Crippen molar-refractivity contribution in [3.63, 3.8) is 0 Å². The lowest BCUT2D eigenvalue weighted by Crippen LogP contribution is -2.40. The van der Waals surface area contributed by atoms with E-state index in [1.165, 1.54) is 0 Å². The molecule has 0 aliphatic carbocycles. The second-order valence-corrected chi connectivity index (χ2v) is 5.36. The summed E-state index contributed by atoms with van der Waals surface area (Å²) in [6.07, 6.45) is 6.17. The first-order chi connectivity index (χ1) is 9.97. The van der Waals surface area contributed by atoms with E-state index >= 15 is 0 Å². The minimum atomic E-state index is -0.998. The Morgan fingerprint density at radius 2 is 1.62 bits per heavy atom. The van der Waals surface area contributed by atoms with Crippen molar-refractivity contribution in [2.75, 3.05) is 6.54 Å². The predicted molar refractivity (Wildman–Crippen MR) is 80.9 cm³/mol. The third-order valence-corrected chi connectivity index (χ3v) is 3.26. The molecule has 6 heteroatoms. The molecule has 0 aromatic rings. The Kier molecular flexibility index (Phi) is 11.5. The molecule has 0 bridgehead atoms. The topological polar surface area (TPSA) is 109 Å². The third kappa shape index (κ3) is 12.1. The summed E-state index contributed by atoms with van der Waals surface area (Å²) in [5.41, 5.74) is 5.36. The van der Waals surface area contributed by atoms with Crippen LogP contribution >= 0.6 is 0 Å². The molecular weight excluding hydrogens is 272 g/mol. The van der Waals surface area contributed by atoms with E-state index in [0.29, 0.717) is 32.2 Å². The van der Waals surface area contributed by atoms with Crippen molar-refractivity contribution in [3.8, 4) is 0 Å². The average Bonchev–Trinajstić information content (AvgIpc) is 2.41. The van der Waals surface area contributed by atoms with Crippen LogP contribution in [0.4, 0.5) is 0 Å². The Morgan fingerprint density at radius 3 is 2.14 bits per heavy atom. The zero-order chi connectivity index (χ0) is 16.1. The molecule has 0 aliphatic rings. The van der Waals surface area contributed by atoms with E-state index in [2.05, 4.69) is 5.32 Å². The van der Waals surface area contributed by atoms with Crippen molar-refractivity contribution >= 4 is 17.7 Å². The maximum Gasteiger partial charge on any atom is 0.326 e. The van der Waals surface area contributed by atoms with Crippen LogP contribution in [0, 0.1) is 0 Å². The van der Waals surface area contributed by atoms with E-state index < -0.39 is 12.0 Å². The monoisotopic (exact) mass is 300 g/mol. The second kappa shape index (κ2) is 12.3. The molecule has 0 radical (unpaired) electrons. The number of rotatable bonds is 13. The number of carbonyl (C=O) groups excluding carboxylic acids is 2. The lowest BCUT2D eigenvalue weighted by Gasteiger charge is -2.14. The maximum absolute atomic E-state index is 11.7. The predicted octanol–water partition coefficient (Wildman–Crippen LogP) is 1.61. The van der Waals surface area contributed by atoms with E-state index in [9.17, 15) is 14.4 Å². The van der Waals surface area contributed by atoms with Crippen LogP contribution in [-0.2, 0) is 14.4 Å². The fourth-order valence-electron chi connectivity index (χ4n) is 2.03. The second-order valence-electron chi connectivity index (χ2n) is 5.36. The van der Waals surface area contributed by atoms with Gasteiger partial charge < -0.3 is 21.0 Å². The highest BCUT2D eigenvalue weighted by Gasteiger charge is 2.18. The van der Waals surface area contributed by atoms with Crippen LogP contribution in [0.15, 0.2) is 0 Å². The molecule has 0 saturated carbocycles. The van der Waals surface area contributed by atoms with Gasteiger partial charge in [-0.15, -0.1) is 0 Å². The van der Waals surface area contributed by atoms with Gasteiger partial charge in [-0.25, -0.2) is 4.79 Å². The number of amides is 1. The molecule has 1 unspecified atom stereocenters. The number of carbonyl (C=O) groups is 3. The molecule has 1 amide bonds. The van der Waals surface area contributed by atoms with E-state index in [0.717, 1.165) is 32.1 Å². The summed E-state index contributed by atoms with van der Waals surface area (Å²) in [5.74, 6) is -1.03. The van der Waals surface area contributed by atoms with Crippen LogP contribution in [0.1, 0.15) is 64.7 Å². The first-order valence-electron chi connectivity index (χ1n) is 7.69. The smallest absolute Gasteiger partial charge is 0.326 e. The van der Waals surface area contributed by atoms with Crippen LogP contribution in [0.5, 0.6) is 0 Å². The molecule has 0 fully saturated rings. The number of aliphatic carboxylic acids is 1. The molecule has 21 heavy (non-hydrogen) atoms. The number of unbranched alkanes of at least 4 members (excludes halogenated alkanes) is 4. The Balaban J connectivity index is 3.77. The molecule has 6 nitrogen and oxygen atoms in total. The number of nitrogens with two attached hydrogens (primary N) is 1. The average molecular weight is 300 g/mol. The van der Waals surface area contributed by atoms with Crippen LogP contribution in [0.25, 0.3) is 0 Å². The summed E-state index contributed by atoms with van der Waals surface area (Å²) < 4.78 is 0. The van der Waals surface area contributed by atoms with Crippen molar-refractivity contribution in [2.45, 2.75) is 70.8 Å². The molecule has 122 valence electrons. The third-order valence-electron chi connectivity index (χ3n) is 3.26. The van der Waals surface area contributed by atoms with Gasteiger partial charge in [-0.05, 0) is 45.6 Å². The number of Topliss-reactive ketones (excluding diaryl/α,β-unsaturated/α-hetero) is 1. The first kappa shape index (κ1) is 19.6. The molecule has 1 atom stereocenters. The highest BCUT2D eigenvalue weighted by molar-refractivity contribution is 5.83. The molecular formula is C15H28N2O4. The summed E-state index contributed by atoms with van der Waals surface area (Å²) in [4.78, 5) is 33.5. The quantitative estimate of drug-likeness (QED) is 0.448. The van der Waals surface area contributed by atoms with Gasteiger partial charge >= 0.3 is 5.97 Å². The van der Waals surface area contributed by atoms with Crippen LogP contribution in [-0.4, -0.2) is 35.4 Å². The number of hydrogen-bond acceptors (Lipinski definition) is 4. The van der Waals surface area contributed by atoms with Crippen molar-refractivity contribution in [1.82, 2.24) is 5.32 Å². The summed E-state index contributed by atoms with van der Waals surface area (Å²) in [7, 11) is 0. The normalized spacial score (nSPS) is 11.9. The largest absolute Gasteiger partial charge is 0.480 e. The van der Waals surface area contributed by atoms with Crippen molar-refractivity contribution in [2.24, 2.45) is 5.73 Å². The van der Waals surface area contributed by atoms with Crippen molar-refractivity contribution < 1.29 is 19.5 Å². The highest BCUT2D eigenvalue weighted by Crippen LogP contribution is 2.07. The molecule has 0 aromatic carbocycles. The Hall–Kier alpha value is -1.43. The SMILES string of the molecule is CC(=O)CCCCCCC(=O)NC(CCCCN)C(=O)O. The number of hydrogen-bond donors (Lipinski definition) is 3. The molecule has 4 N–H and O–H groups in total. The molecule has 0 aliphatic heterocycles. The lowest BCUT2D eigenvalue weighted by atomic mass is 10.1. The highest BCUT2D eigenvalue weighted by atomic mass is 16.4. The zero-order valence-electron chi connectivity index (χ0n) is 12.9. The van der Waals surface area contributed by atoms with Gasteiger partial charge in [-0.2, -0.15) is 0 Å². The van der Waals surface area contributed by atoms with E-state index in [1.54, 1.807) is 6.92 Å².